The zero-order valence-corrected chi connectivity index (χ0v) is 17.2. The Morgan fingerprint density at radius 2 is 2.14 bits per heavy atom. The monoisotopic (exact) mass is 398 g/mol. The molecule has 1 aromatic heterocycles. The van der Waals surface area contributed by atoms with E-state index in [-0.39, 0.29) is 29.7 Å². The van der Waals surface area contributed by atoms with Crippen molar-refractivity contribution in [3.05, 3.63) is 34.6 Å². The van der Waals surface area contributed by atoms with E-state index in [0.717, 1.165) is 12.8 Å². The summed E-state index contributed by atoms with van der Waals surface area (Å²) in [6, 6.07) is 9.49. The van der Waals surface area contributed by atoms with E-state index in [9.17, 15) is 9.59 Å². The van der Waals surface area contributed by atoms with Crippen LogP contribution < -0.4 is 10.9 Å². The normalized spacial score (nSPS) is 22.0. The molecule has 1 saturated carbocycles. The standard InChI is InChI=1S/C21H26N4O2S/c1-14-7-5-10-18(15(14)2)25-20(27)16-8-3-4-9-17(16)24-21(25)28-13-19(26)23-12-6-11-22/h3-4,8-9,14-15,18H,5-7,10,12-13H2,1-2H3,(H,23,26)/t14-,15-,18+/m1/s1. The summed E-state index contributed by atoms with van der Waals surface area (Å²) in [7, 11) is 0. The molecule has 0 unspecified atom stereocenters. The van der Waals surface area contributed by atoms with Crippen LogP contribution in [0.1, 0.15) is 45.6 Å². The van der Waals surface area contributed by atoms with Crippen molar-refractivity contribution in [3.63, 3.8) is 0 Å². The molecule has 1 N–H and O–H groups in total. The second kappa shape index (κ2) is 9.24. The van der Waals surface area contributed by atoms with E-state index in [4.69, 9.17) is 10.2 Å². The highest BCUT2D eigenvalue weighted by Gasteiger charge is 2.31. The highest BCUT2D eigenvalue weighted by Crippen LogP contribution is 2.38. The fraction of sp³-hybridized carbons (Fsp3) is 0.524. The van der Waals surface area contributed by atoms with Gasteiger partial charge < -0.3 is 5.32 Å². The Bertz CT molecular complexity index is 950. The quantitative estimate of drug-likeness (QED) is 0.457. The molecule has 148 valence electrons. The number of hydrogen-bond donors (Lipinski definition) is 1. The number of thioether (sulfide) groups is 1. The first kappa shape index (κ1) is 20.4. The van der Waals surface area contributed by atoms with Gasteiger partial charge in [-0.2, -0.15) is 5.26 Å². The Hall–Kier alpha value is -2.33. The van der Waals surface area contributed by atoms with Gasteiger partial charge in [-0.25, -0.2) is 4.98 Å². The number of hydrogen-bond acceptors (Lipinski definition) is 5. The minimum Gasteiger partial charge on any atom is -0.354 e. The van der Waals surface area contributed by atoms with E-state index in [1.54, 1.807) is 0 Å². The SMILES string of the molecule is C[C@@H]1[C@H](C)CCC[C@@H]1n1c(SCC(=O)NCCC#N)nc2ccccc2c1=O. The summed E-state index contributed by atoms with van der Waals surface area (Å²) in [6.07, 6.45) is 3.51. The number of nitriles is 1. The number of carbonyl (C=O) groups excluding carboxylic acids is 1. The summed E-state index contributed by atoms with van der Waals surface area (Å²) in [6.45, 7) is 4.79. The van der Waals surface area contributed by atoms with Gasteiger partial charge in [0.1, 0.15) is 0 Å². The van der Waals surface area contributed by atoms with Crippen molar-refractivity contribution >= 4 is 28.6 Å². The molecule has 1 aliphatic rings. The number of para-hydroxylation sites is 1. The first-order valence-corrected chi connectivity index (χ1v) is 10.8. The van der Waals surface area contributed by atoms with E-state index >= 15 is 0 Å². The predicted molar refractivity (Wildman–Crippen MR) is 111 cm³/mol. The molecule has 1 amide bonds. The second-order valence-electron chi connectivity index (χ2n) is 7.47. The Balaban J connectivity index is 1.94. The number of benzene rings is 1. The maximum Gasteiger partial charge on any atom is 0.262 e. The molecular weight excluding hydrogens is 372 g/mol. The van der Waals surface area contributed by atoms with Gasteiger partial charge >= 0.3 is 0 Å². The molecule has 0 spiro atoms. The average Bonchev–Trinajstić information content (AvgIpc) is 2.69. The van der Waals surface area contributed by atoms with Crippen LogP contribution in [0.15, 0.2) is 34.2 Å². The molecule has 3 atom stereocenters. The fourth-order valence-corrected chi connectivity index (χ4v) is 4.76. The number of nitrogens with one attached hydrogen (secondary N) is 1. The molecular formula is C21H26N4O2S. The summed E-state index contributed by atoms with van der Waals surface area (Å²) < 4.78 is 1.83. The van der Waals surface area contributed by atoms with Gasteiger partial charge in [0.25, 0.3) is 5.56 Å². The first-order valence-electron chi connectivity index (χ1n) is 9.80. The van der Waals surface area contributed by atoms with Crippen molar-refractivity contribution in [1.82, 2.24) is 14.9 Å². The van der Waals surface area contributed by atoms with Crippen LogP contribution in [0.2, 0.25) is 0 Å². The summed E-state index contributed by atoms with van der Waals surface area (Å²) in [4.78, 5) is 30.1. The average molecular weight is 399 g/mol. The van der Waals surface area contributed by atoms with Crippen LogP contribution in [0.25, 0.3) is 10.9 Å². The lowest BCUT2D eigenvalue weighted by Crippen LogP contribution is -2.35. The Kier molecular flexibility index (Phi) is 6.74. The van der Waals surface area contributed by atoms with Crippen molar-refractivity contribution in [2.24, 2.45) is 11.8 Å². The number of carbonyl (C=O) groups is 1. The summed E-state index contributed by atoms with van der Waals surface area (Å²) in [5, 5.41) is 12.5. The molecule has 7 heteroatoms. The topological polar surface area (TPSA) is 87.8 Å². The first-order chi connectivity index (χ1) is 13.5. The Labute approximate surface area is 169 Å². The third kappa shape index (κ3) is 4.39. The van der Waals surface area contributed by atoms with E-state index in [2.05, 4.69) is 19.2 Å². The highest BCUT2D eigenvalue weighted by molar-refractivity contribution is 7.99. The number of nitrogens with zero attached hydrogens (tertiary/aromatic N) is 3. The van der Waals surface area contributed by atoms with E-state index in [0.29, 0.717) is 34.4 Å². The smallest absolute Gasteiger partial charge is 0.262 e. The second-order valence-corrected chi connectivity index (χ2v) is 8.41. The maximum atomic E-state index is 13.3. The lowest BCUT2D eigenvalue weighted by atomic mass is 9.78. The third-order valence-electron chi connectivity index (χ3n) is 5.66. The molecule has 0 radical (unpaired) electrons. The zero-order valence-electron chi connectivity index (χ0n) is 16.4. The van der Waals surface area contributed by atoms with E-state index in [1.807, 2.05) is 34.9 Å². The fourth-order valence-electron chi connectivity index (χ4n) is 3.88. The Morgan fingerprint density at radius 1 is 1.36 bits per heavy atom. The Morgan fingerprint density at radius 3 is 2.93 bits per heavy atom. The van der Waals surface area contributed by atoms with Crippen LogP contribution in [0.3, 0.4) is 0 Å². The van der Waals surface area contributed by atoms with Gasteiger partial charge in [0.05, 0.1) is 29.1 Å². The van der Waals surface area contributed by atoms with Gasteiger partial charge in [-0.05, 0) is 30.4 Å². The highest BCUT2D eigenvalue weighted by atomic mass is 32.2. The molecule has 1 fully saturated rings. The molecule has 6 nitrogen and oxygen atoms in total. The van der Waals surface area contributed by atoms with Crippen molar-refractivity contribution < 1.29 is 4.79 Å². The summed E-state index contributed by atoms with van der Waals surface area (Å²) in [5.74, 6) is 0.939. The molecule has 0 saturated heterocycles. The molecule has 3 rings (SSSR count). The number of amides is 1. The lowest BCUT2D eigenvalue weighted by molar-refractivity contribution is -0.118. The van der Waals surface area contributed by atoms with Gasteiger partial charge in [0.2, 0.25) is 5.91 Å². The van der Waals surface area contributed by atoms with Gasteiger partial charge in [-0.15, -0.1) is 0 Å². The van der Waals surface area contributed by atoms with Gasteiger partial charge in [-0.3, -0.25) is 14.2 Å². The van der Waals surface area contributed by atoms with Gasteiger partial charge in [0, 0.05) is 12.6 Å². The minimum atomic E-state index is -0.153. The molecule has 1 aromatic carbocycles. The van der Waals surface area contributed by atoms with Crippen molar-refractivity contribution in [1.29, 1.82) is 5.26 Å². The predicted octanol–water partition coefficient (Wildman–Crippen LogP) is 3.52. The lowest BCUT2D eigenvalue weighted by Gasteiger charge is -2.36. The van der Waals surface area contributed by atoms with Crippen LogP contribution >= 0.6 is 11.8 Å². The third-order valence-corrected chi connectivity index (χ3v) is 6.61. The van der Waals surface area contributed by atoms with Crippen molar-refractivity contribution in [2.45, 2.75) is 50.7 Å². The summed E-state index contributed by atoms with van der Waals surface area (Å²) in [5.41, 5.74) is 0.636. The van der Waals surface area contributed by atoms with Crippen molar-refractivity contribution in [3.8, 4) is 6.07 Å². The number of rotatable bonds is 6. The van der Waals surface area contributed by atoms with Crippen LogP contribution in [0, 0.1) is 23.2 Å². The van der Waals surface area contributed by atoms with Crippen LogP contribution in [0.5, 0.6) is 0 Å². The zero-order chi connectivity index (χ0) is 20.1. The largest absolute Gasteiger partial charge is 0.354 e. The number of fused-ring (bicyclic) bond motifs is 1. The molecule has 0 bridgehead atoms. The van der Waals surface area contributed by atoms with Gasteiger partial charge in [0.15, 0.2) is 5.16 Å². The minimum absolute atomic E-state index is 0.0241. The summed E-state index contributed by atoms with van der Waals surface area (Å²) >= 11 is 1.30. The molecule has 1 heterocycles. The van der Waals surface area contributed by atoms with E-state index in [1.165, 1.54) is 18.2 Å². The van der Waals surface area contributed by atoms with Crippen LogP contribution in [0.4, 0.5) is 0 Å². The molecule has 1 aliphatic carbocycles. The van der Waals surface area contributed by atoms with Crippen molar-refractivity contribution in [2.75, 3.05) is 12.3 Å². The molecule has 0 aliphatic heterocycles. The van der Waals surface area contributed by atoms with E-state index < -0.39 is 0 Å². The molecule has 28 heavy (non-hydrogen) atoms. The maximum absolute atomic E-state index is 13.3. The van der Waals surface area contributed by atoms with Crippen LogP contribution in [-0.4, -0.2) is 27.8 Å². The number of aromatic nitrogens is 2. The molecule has 2 aromatic rings. The van der Waals surface area contributed by atoms with Crippen LogP contribution in [-0.2, 0) is 4.79 Å². The van der Waals surface area contributed by atoms with Gasteiger partial charge in [-0.1, -0.05) is 50.6 Å².